The number of fused-ring (bicyclic) bond motifs is 14. The average Bonchev–Trinajstić information content (AvgIpc) is 3.71. The Bertz CT molecular complexity index is 2700. The van der Waals surface area contributed by atoms with Gasteiger partial charge in [0.25, 0.3) is 0 Å². The van der Waals surface area contributed by atoms with E-state index in [1.165, 1.54) is 41.9 Å². The first kappa shape index (κ1) is 21.7. The molecule has 0 aliphatic heterocycles. The third kappa shape index (κ3) is 2.86. The zero-order valence-electron chi connectivity index (χ0n) is 21.8. The molecule has 190 valence electrons. The van der Waals surface area contributed by atoms with E-state index in [1.807, 2.05) is 17.4 Å². The second-order valence-electron chi connectivity index (χ2n) is 10.8. The molecule has 10 rings (SSSR count). The van der Waals surface area contributed by atoms with Gasteiger partial charge in [-0.25, -0.2) is 0 Å². The van der Waals surface area contributed by atoms with Gasteiger partial charge in [0.2, 0.25) is 0 Å². The molecule has 0 amide bonds. The van der Waals surface area contributed by atoms with E-state index in [4.69, 9.17) is 8.83 Å². The summed E-state index contributed by atoms with van der Waals surface area (Å²) in [7, 11) is 0. The molecule has 0 saturated heterocycles. The molecule has 0 spiro atoms. The van der Waals surface area contributed by atoms with Gasteiger partial charge in [-0.05, 0) is 63.7 Å². The van der Waals surface area contributed by atoms with Crippen molar-refractivity contribution in [1.29, 1.82) is 0 Å². The topological polar surface area (TPSA) is 26.3 Å². The van der Waals surface area contributed by atoms with Gasteiger partial charge >= 0.3 is 0 Å². The van der Waals surface area contributed by atoms with Crippen molar-refractivity contribution in [3.8, 4) is 11.1 Å². The fourth-order valence-corrected chi connectivity index (χ4v) is 7.99. The summed E-state index contributed by atoms with van der Waals surface area (Å²) in [6, 6.07) is 43.4. The Hall–Kier alpha value is -5.12. The Morgan fingerprint density at radius 2 is 1.17 bits per heavy atom. The van der Waals surface area contributed by atoms with Crippen LogP contribution in [0.1, 0.15) is 0 Å². The minimum atomic E-state index is 0.878. The van der Waals surface area contributed by atoms with Crippen LogP contribution in [0, 0.1) is 0 Å². The highest BCUT2D eigenvalue weighted by Gasteiger charge is 2.21. The third-order valence-electron chi connectivity index (χ3n) is 8.66. The number of furan rings is 2. The average molecular weight is 541 g/mol. The first-order valence-electron chi connectivity index (χ1n) is 13.8. The second kappa shape index (κ2) is 7.75. The van der Waals surface area contributed by atoms with Crippen molar-refractivity contribution in [2.75, 3.05) is 0 Å². The molecule has 0 fully saturated rings. The van der Waals surface area contributed by atoms with Crippen molar-refractivity contribution >= 4 is 96.9 Å². The minimum Gasteiger partial charge on any atom is -0.456 e. The van der Waals surface area contributed by atoms with Crippen LogP contribution in [0.5, 0.6) is 0 Å². The van der Waals surface area contributed by atoms with E-state index in [2.05, 4.69) is 115 Å². The highest BCUT2D eigenvalue weighted by atomic mass is 32.1. The predicted molar refractivity (Wildman–Crippen MR) is 174 cm³/mol. The quantitative estimate of drug-likeness (QED) is 0.207. The molecule has 3 aromatic heterocycles. The van der Waals surface area contributed by atoms with Crippen LogP contribution in [0.3, 0.4) is 0 Å². The number of para-hydroxylation sites is 1. The minimum absolute atomic E-state index is 0.878. The zero-order chi connectivity index (χ0) is 26.7. The fourth-order valence-electron chi connectivity index (χ4n) is 6.85. The van der Waals surface area contributed by atoms with E-state index in [9.17, 15) is 0 Å². The van der Waals surface area contributed by atoms with E-state index < -0.39 is 0 Å². The normalized spacial score (nSPS) is 12.4. The maximum atomic E-state index is 6.76. The Balaban J connectivity index is 1.39. The lowest BCUT2D eigenvalue weighted by Crippen LogP contribution is -1.84. The van der Waals surface area contributed by atoms with Crippen molar-refractivity contribution in [1.82, 2.24) is 0 Å². The summed E-state index contributed by atoms with van der Waals surface area (Å²) < 4.78 is 15.9. The summed E-state index contributed by atoms with van der Waals surface area (Å²) in [6.45, 7) is 0. The van der Waals surface area contributed by atoms with Crippen molar-refractivity contribution < 1.29 is 8.83 Å². The van der Waals surface area contributed by atoms with Crippen molar-refractivity contribution in [2.45, 2.75) is 0 Å². The fraction of sp³-hybridized carbons (Fsp3) is 0. The smallest absolute Gasteiger partial charge is 0.144 e. The summed E-state index contributed by atoms with van der Waals surface area (Å²) in [6.07, 6.45) is 0. The number of benzene rings is 7. The van der Waals surface area contributed by atoms with Gasteiger partial charge < -0.3 is 8.83 Å². The summed E-state index contributed by atoms with van der Waals surface area (Å²) in [5, 5.41) is 11.8. The van der Waals surface area contributed by atoms with E-state index in [0.717, 1.165) is 54.8 Å². The molecule has 7 aromatic carbocycles. The van der Waals surface area contributed by atoms with Crippen LogP contribution in [0.2, 0.25) is 0 Å². The molecule has 2 nitrogen and oxygen atoms in total. The second-order valence-corrected chi connectivity index (χ2v) is 11.9. The largest absolute Gasteiger partial charge is 0.456 e. The van der Waals surface area contributed by atoms with Crippen LogP contribution >= 0.6 is 11.3 Å². The lowest BCUT2D eigenvalue weighted by atomic mass is 9.92. The Kier molecular flexibility index (Phi) is 4.10. The Morgan fingerprint density at radius 1 is 0.415 bits per heavy atom. The number of rotatable bonds is 1. The van der Waals surface area contributed by atoms with E-state index >= 15 is 0 Å². The SMILES string of the molecule is c1ccc2c(c1)ccc1oc3c(ccc4c(-c5ccc6c(c5)sc5ccccc56)cc5oc6ccccc6c5c43)c12. The lowest BCUT2D eigenvalue weighted by Gasteiger charge is -2.10. The van der Waals surface area contributed by atoms with Gasteiger partial charge in [-0.1, -0.05) is 84.9 Å². The zero-order valence-corrected chi connectivity index (χ0v) is 22.6. The molecule has 10 aromatic rings. The number of hydrogen-bond donors (Lipinski definition) is 0. The van der Waals surface area contributed by atoms with Gasteiger partial charge in [0.15, 0.2) is 0 Å². The van der Waals surface area contributed by atoms with Gasteiger partial charge in [0.05, 0.1) is 0 Å². The molecule has 41 heavy (non-hydrogen) atoms. The molecule has 3 heteroatoms. The molecule has 0 bridgehead atoms. The van der Waals surface area contributed by atoms with Crippen LogP contribution < -0.4 is 0 Å². The first-order chi connectivity index (χ1) is 20.3. The van der Waals surface area contributed by atoms with Crippen LogP contribution in [0.15, 0.2) is 130 Å². The molecule has 0 saturated carbocycles. The molecular weight excluding hydrogens is 520 g/mol. The Morgan fingerprint density at radius 3 is 2.12 bits per heavy atom. The maximum absolute atomic E-state index is 6.76. The molecule has 0 unspecified atom stereocenters. The van der Waals surface area contributed by atoms with Gasteiger partial charge in [0.1, 0.15) is 22.3 Å². The molecule has 0 atom stereocenters. The van der Waals surface area contributed by atoms with Crippen molar-refractivity contribution in [3.63, 3.8) is 0 Å². The summed E-state index contributed by atoms with van der Waals surface area (Å²) in [5.41, 5.74) is 5.91. The molecular formula is C38H20O2S. The van der Waals surface area contributed by atoms with E-state index in [-0.39, 0.29) is 0 Å². The first-order valence-corrected chi connectivity index (χ1v) is 14.7. The third-order valence-corrected chi connectivity index (χ3v) is 9.79. The molecule has 0 radical (unpaired) electrons. The van der Waals surface area contributed by atoms with Gasteiger partial charge in [-0.3, -0.25) is 0 Å². The summed E-state index contributed by atoms with van der Waals surface area (Å²) in [5.74, 6) is 0. The standard InChI is InChI=1S/C38H20O2S/c1-2-8-23-21(7-1)14-18-31-35(23)28-17-16-26-29(22-13-15-25-24-9-4-6-12-33(24)41-34(25)19-22)20-32-36(37(26)38(28)40-31)27-10-3-5-11-30(27)39-32/h1-20H. The van der Waals surface area contributed by atoms with Crippen molar-refractivity contribution in [3.05, 3.63) is 121 Å². The summed E-state index contributed by atoms with van der Waals surface area (Å²) in [4.78, 5) is 0. The van der Waals surface area contributed by atoms with Crippen LogP contribution in [-0.4, -0.2) is 0 Å². The van der Waals surface area contributed by atoms with Gasteiger partial charge in [0, 0.05) is 47.1 Å². The molecule has 0 aliphatic rings. The predicted octanol–water partition coefficient (Wildman–Crippen LogP) is 11.8. The Labute approximate surface area is 237 Å². The molecule has 0 N–H and O–H groups in total. The van der Waals surface area contributed by atoms with Crippen LogP contribution in [0.25, 0.3) is 96.7 Å². The van der Waals surface area contributed by atoms with E-state index in [1.54, 1.807) is 0 Å². The number of hydrogen-bond acceptors (Lipinski definition) is 3. The van der Waals surface area contributed by atoms with Gasteiger partial charge in [-0.15, -0.1) is 11.3 Å². The highest BCUT2D eigenvalue weighted by Crippen LogP contribution is 2.46. The van der Waals surface area contributed by atoms with Crippen LogP contribution in [-0.2, 0) is 0 Å². The monoisotopic (exact) mass is 540 g/mol. The maximum Gasteiger partial charge on any atom is 0.144 e. The van der Waals surface area contributed by atoms with Gasteiger partial charge in [-0.2, -0.15) is 0 Å². The lowest BCUT2D eigenvalue weighted by molar-refractivity contribution is 0.668. The molecule has 3 heterocycles. The molecule has 0 aliphatic carbocycles. The van der Waals surface area contributed by atoms with Crippen LogP contribution in [0.4, 0.5) is 0 Å². The highest BCUT2D eigenvalue weighted by molar-refractivity contribution is 7.25. The number of thiophene rings is 1. The summed E-state index contributed by atoms with van der Waals surface area (Å²) >= 11 is 1.85. The van der Waals surface area contributed by atoms with E-state index in [0.29, 0.717) is 0 Å². The van der Waals surface area contributed by atoms with Crippen molar-refractivity contribution in [2.24, 2.45) is 0 Å².